The van der Waals surface area contributed by atoms with Crippen molar-refractivity contribution in [2.75, 3.05) is 7.11 Å². The molecule has 0 spiro atoms. The summed E-state index contributed by atoms with van der Waals surface area (Å²) in [5, 5.41) is 9.86. The Bertz CT molecular complexity index is 1350. The summed E-state index contributed by atoms with van der Waals surface area (Å²) in [5.41, 5.74) is 1.23. The molecular weight excluding hydrogens is 513 g/mol. The van der Waals surface area contributed by atoms with Crippen LogP contribution < -0.4 is 4.74 Å². The lowest BCUT2D eigenvalue weighted by Crippen LogP contribution is -2.40. The highest BCUT2D eigenvalue weighted by Gasteiger charge is 2.57. The van der Waals surface area contributed by atoms with Crippen LogP contribution in [0.1, 0.15) is 36.9 Å². The van der Waals surface area contributed by atoms with E-state index in [1.54, 1.807) is 37.4 Å². The number of nitrogens with zero attached hydrogens (tertiary/aromatic N) is 1. The zero-order valence-corrected chi connectivity index (χ0v) is 22.5. The number of halogens is 1. The smallest absolute Gasteiger partial charge is 0.309 e. The molecule has 9 heteroatoms. The van der Waals surface area contributed by atoms with Crippen molar-refractivity contribution in [1.82, 2.24) is 4.31 Å². The van der Waals surface area contributed by atoms with Crippen LogP contribution in [0.3, 0.4) is 0 Å². The Kier molecular flexibility index (Phi) is 8.26. The van der Waals surface area contributed by atoms with Crippen LogP contribution in [0.15, 0.2) is 82.6 Å². The number of rotatable bonds is 9. The molecule has 6 nitrogen and oxygen atoms in total. The van der Waals surface area contributed by atoms with Crippen molar-refractivity contribution in [3.05, 3.63) is 89.7 Å². The number of aliphatic carboxylic acids is 1. The Hall–Kier alpha value is -2.88. The van der Waals surface area contributed by atoms with Crippen LogP contribution in [0.4, 0.5) is 4.39 Å². The number of benzene rings is 3. The van der Waals surface area contributed by atoms with Gasteiger partial charge < -0.3 is 9.84 Å². The van der Waals surface area contributed by atoms with Gasteiger partial charge in [0.25, 0.3) is 0 Å². The van der Waals surface area contributed by atoms with Crippen molar-refractivity contribution in [3.63, 3.8) is 0 Å². The molecule has 1 saturated heterocycles. The van der Waals surface area contributed by atoms with E-state index in [1.165, 1.54) is 46.4 Å². The van der Waals surface area contributed by atoms with Crippen LogP contribution in [0, 0.1) is 18.7 Å². The van der Waals surface area contributed by atoms with Crippen molar-refractivity contribution in [2.45, 2.75) is 53.8 Å². The van der Waals surface area contributed by atoms with E-state index in [0.717, 1.165) is 10.5 Å². The summed E-state index contributed by atoms with van der Waals surface area (Å²) in [6.45, 7) is 3.81. The van der Waals surface area contributed by atoms with Crippen LogP contribution in [0.25, 0.3) is 0 Å². The van der Waals surface area contributed by atoms with Gasteiger partial charge in [-0.1, -0.05) is 43.2 Å². The van der Waals surface area contributed by atoms with Crippen molar-refractivity contribution in [1.29, 1.82) is 0 Å². The number of carbonyl (C=O) groups is 1. The van der Waals surface area contributed by atoms with Crippen molar-refractivity contribution < 1.29 is 27.4 Å². The fourth-order valence-electron chi connectivity index (χ4n) is 4.96. The van der Waals surface area contributed by atoms with E-state index in [0.29, 0.717) is 24.2 Å². The maximum atomic E-state index is 14.4. The van der Waals surface area contributed by atoms with Crippen molar-refractivity contribution in [3.8, 4) is 5.75 Å². The van der Waals surface area contributed by atoms with E-state index in [4.69, 9.17) is 4.74 Å². The molecule has 0 unspecified atom stereocenters. The zero-order chi connectivity index (χ0) is 26.7. The van der Waals surface area contributed by atoms with Crippen LogP contribution in [0.5, 0.6) is 5.75 Å². The summed E-state index contributed by atoms with van der Waals surface area (Å²) >= 11 is 1.34. The van der Waals surface area contributed by atoms with E-state index in [-0.39, 0.29) is 4.90 Å². The summed E-state index contributed by atoms with van der Waals surface area (Å²) in [6, 6.07) is 17.6. The van der Waals surface area contributed by atoms with Crippen molar-refractivity contribution >= 4 is 27.8 Å². The number of methoxy groups -OCH3 is 1. The van der Waals surface area contributed by atoms with E-state index in [2.05, 4.69) is 0 Å². The molecule has 1 aliphatic rings. The molecule has 196 valence electrons. The molecule has 1 heterocycles. The largest absolute Gasteiger partial charge is 0.497 e. The summed E-state index contributed by atoms with van der Waals surface area (Å²) in [5.74, 6) is -2.11. The minimum atomic E-state index is -4.13. The van der Waals surface area contributed by atoms with E-state index in [1.807, 2.05) is 26.0 Å². The third-order valence-electron chi connectivity index (χ3n) is 6.66. The highest BCUT2D eigenvalue weighted by molar-refractivity contribution is 8.00. The number of sulfonamides is 1. The van der Waals surface area contributed by atoms with Crippen molar-refractivity contribution in [2.24, 2.45) is 5.92 Å². The lowest BCUT2D eigenvalue weighted by Gasteiger charge is -2.31. The first-order chi connectivity index (χ1) is 17.7. The molecule has 3 aromatic rings. The minimum absolute atomic E-state index is 0.0832. The Morgan fingerprint density at radius 2 is 1.76 bits per heavy atom. The molecule has 0 saturated carbocycles. The number of ether oxygens (including phenoxy) is 1. The maximum absolute atomic E-state index is 14.4. The number of hydrogen-bond acceptors (Lipinski definition) is 5. The standard InChI is InChI=1S/C28H30FNO5S2/c1-4-6-24-27(36-22-13-11-21(35-3)12-14-22)25(28(31)32)26(19-7-5-8-20(29)17-19)30(24)37(33,34)23-15-9-18(2)10-16-23/h5,7-17,24-27H,4,6H2,1-3H3,(H,31,32)/t24-,25+,26+,27-/m1/s1. The molecule has 4 atom stereocenters. The normalized spacial score (nSPS) is 22.2. The van der Waals surface area contributed by atoms with E-state index < -0.39 is 45.1 Å². The molecule has 4 rings (SSSR count). The van der Waals surface area contributed by atoms with Crippen LogP contribution in [-0.2, 0) is 14.8 Å². The van der Waals surface area contributed by atoms with Crippen LogP contribution >= 0.6 is 11.8 Å². The third kappa shape index (κ3) is 5.54. The van der Waals surface area contributed by atoms with E-state index in [9.17, 15) is 22.7 Å². The highest BCUT2D eigenvalue weighted by atomic mass is 32.2. The Balaban J connectivity index is 1.90. The zero-order valence-electron chi connectivity index (χ0n) is 20.9. The summed E-state index contributed by atoms with van der Waals surface area (Å²) < 4.78 is 49.3. The number of aryl methyl sites for hydroxylation is 1. The van der Waals surface area contributed by atoms with Gasteiger partial charge in [0, 0.05) is 16.2 Å². The molecule has 0 bridgehead atoms. The van der Waals surface area contributed by atoms with Gasteiger partial charge in [-0.25, -0.2) is 12.8 Å². The average molecular weight is 544 g/mol. The summed E-state index contributed by atoms with van der Waals surface area (Å²) in [7, 11) is -2.56. The van der Waals surface area contributed by atoms with Gasteiger partial charge in [0.2, 0.25) is 10.0 Å². The molecule has 37 heavy (non-hydrogen) atoms. The molecule has 1 aliphatic heterocycles. The first-order valence-corrected chi connectivity index (χ1v) is 14.4. The van der Waals surface area contributed by atoms with E-state index >= 15 is 0 Å². The minimum Gasteiger partial charge on any atom is -0.497 e. The van der Waals surface area contributed by atoms with Gasteiger partial charge in [0.15, 0.2) is 0 Å². The molecule has 0 aliphatic carbocycles. The first kappa shape index (κ1) is 27.2. The Morgan fingerprint density at radius 1 is 1.08 bits per heavy atom. The molecule has 1 fully saturated rings. The highest BCUT2D eigenvalue weighted by Crippen LogP contribution is 2.52. The third-order valence-corrected chi connectivity index (χ3v) is 10.0. The predicted molar refractivity (Wildman–Crippen MR) is 142 cm³/mol. The van der Waals surface area contributed by atoms with Gasteiger partial charge >= 0.3 is 5.97 Å². The Labute approximate surface area is 221 Å². The fraction of sp³-hybridized carbons (Fsp3) is 0.321. The SMILES string of the molecule is CCC[C@@H]1[C@@H](Sc2ccc(OC)cc2)[C@@H](C(=O)O)[C@H](c2cccc(F)c2)N1S(=O)(=O)c1ccc(C)cc1. The summed E-state index contributed by atoms with van der Waals surface area (Å²) in [4.78, 5) is 13.7. The number of thioether (sulfide) groups is 1. The van der Waals surface area contributed by atoms with Gasteiger partial charge in [-0.05, 0) is 67.4 Å². The van der Waals surface area contributed by atoms with Gasteiger partial charge in [-0.15, -0.1) is 11.8 Å². The second kappa shape index (κ2) is 11.2. The molecule has 0 amide bonds. The lowest BCUT2D eigenvalue weighted by atomic mass is 9.92. The molecule has 3 aromatic carbocycles. The van der Waals surface area contributed by atoms with Gasteiger partial charge in [0.05, 0.1) is 24.0 Å². The fourth-order valence-corrected chi connectivity index (χ4v) is 8.35. The quantitative estimate of drug-likeness (QED) is 0.361. The number of carboxylic acid groups (broad SMARTS) is 1. The summed E-state index contributed by atoms with van der Waals surface area (Å²) in [6.07, 6.45) is 1.10. The van der Waals surface area contributed by atoms with Crippen LogP contribution in [0.2, 0.25) is 0 Å². The second-order valence-corrected chi connectivity index (χ2v) is 12.2. The predicted octanol–water partition coefficient (Wildman–Crippen LogP) is 5.92. The molecule has 0 aromatic heterocycles. The molecule has 1 N–H and O–H groups in total. The van der Waals surface area contributed by atoms with Gasteiger partial charge in [0.1, 0.15) is 11.6 Å². The first-order valence-electron chi connectivity index (χ1n) is 12.1. The number of carboxylic acids is 1. The second-order valence-electron chi connectivity index (χ2n) is 9.13. The monoisotopic (exact) mass is 543 g/mol. The number of hydrogen-bond donors (Lipinski definition) is 1. The van der Waals surface area contributed by atoms with Gasteiger partial charge in [-0.3, -0.25) is 4.79 Å². The Morgan fingerprint density at radius 3 is 2.32 bits per heavy atom. The lowest BCUT2D eigenvalue weighted by molar-refractivity contribution is -0.142. The maximum Gasteiger partial charge on any atom is 0.309 e. The van der Waals surface area contributed by atoms with Gasteiger partial charge in [-0.2, -0.15) is 4.31 Å². The van der Waals surface area contributed by atoms with Crippen LogP contribution in [-0.4, -0.2) is 42.2 Å². The topological polar surface area (TPSA) is 83.9 Å². The average Bonchev–Trinajstić information content (AvgIpc) is 3.19. The molecular formula is C28H30FNO5S2. The molecule has 0 radical (unpaired) electrons.